The van der Waals surface area contributed by atoms with Crippen LogP contribution in [0.4, 0.5) is 17.1 Å². The van der Waals surface area contributed by atoms with Crippen LogP contribution in [0.1, 0.15) is 61.9 Å². The number of aromatic nitrogens is 2. The number of hydrogen-bond donors (Lipinski definition) is 2. The summed E-state index contributed by atoms with van der Waals surface area (Å²) in [7, 11) is -5.04. The molecule has 0 unspecified atom stereocenters. The van der Waals surface area contributed by atoms with E-state index in [9.17, 15) is 28.2 Å². The van der Waals surface area contributed by atoms with Gasteiger partial charge in [-0.25, -0.2) is 4.98 Å². The molecule has 2 saturated heterocycles. The number of piperazine rings is 1. The molecule has 2 aliphatic heterocycles. The van der Waals surface area contributed by atoms with Crippen LogP contribution < -0.4 is 15.0 Å². The van der Waals surface area contributed by atoms with Gasteiger partial charge in [-0.05, 0) is 103 Å². The number of nitroso groups, excluding NO2 is 1. The standard InChI is InChI=1S/C45H49ClN8O8S/c1-45(2)15-11-33(39(26-45)31-3-5-34(46)6-4-31)29-51-17-19-52(20-18-51)35-7-9-38(42(24-35)62-36-23-32-12-16-47-43(32)49-28-36)44(55)53(50-56)63(59,60)37-8-10-40(41(25-37)54(57)58)48-27-30-13-21-61-22-14-30/h3-10,12,16,23-25,28,30,48H,11,13-15,17-22,26-27,29H2,1-2H3,(H,47,49). The average molecular weight is 897 g/mol. The van der Waals surface area contributed by atoms with E-state index in [0.29, 0.717) is 49.2 Å². The molecule has 3 aliphatic rings. The van der Waals surface area contributed by atoms with Crippen molar-refractivity contribution >= 4 is 61.2 Å². The Morgan fingerprint density at radius 3 is 2.56 bits per heavy atom. The lowest BCUT2D eigenvalue weighted by Crippen LogP contribution is -2.47. The normalized spacial score (nSPS) is 17.4. The number of rotatable bonds is 14. The second kappa shape index (κ2) is 18.5. The number of anilines is 2. The maximum Gasteiger partial charge on any atom is 0.295 e. The number of H-pyrrole nitrogens is 1. The number of nitro groups is 1. The van der Waals surface area contributed by atoms with E-state index in [-0.39, 0.29) is 38.5 Å². The number of amides is 1. The minimum Gasteiger partial charge on any atom is -0.455 e. The second-order valence-corrected chi connectivity index (χ2v) is 19.3. The number of nitrogens with one attached hydrogen (secondary N) is 2. The fourth-order valence-corrected chi connectivity index (χ4v) is 9.77. The molecule has 2 aromatic heterocycles. The third-order valence-corrected chi connectivity index (χ3v) is 14.0. The molecule has 2 fully saturated rings. The van der Waals surface area contributed by atoms with Gasteiger partial charge in [0.25, 0.3) is 21.6 Å². The first-order valence-electron chi connectivity index (χ1n) is 21.0. The van der Waals surface area contributed by atoms with Gasteiger partial charge in [0, 0.05) is 86.9 Å². The van der Waals surface area contributed by atoms with Gasteiger partial charge < -0.3 is 24.7 Å². The number of carbonyl (C=O) groups excluding carboxylic acids is 1. The first-order valence-corrected chi connectivity index (χ1v) is 22.8. The largest absolute Gasteiger partial charge is 0.455 e. The zero-order valence-corrected chi connectivity index (χ0v) is 36.7. The monoisotopic (exact) mass is 896 g/mol. The van der Waals surface area contributed by atoms with Gasteiger partial charge >= 0.3 is 0 Å². The van der Waals surface area contributed by atoms with E-state index in [1.54, 1.807) is 30.5 Å². The number of hydrogen-bond acceptors (Lipinski definition) is 13. The second-order valence-electron chi connectivity index (χ2n) is 17.1. The number of aromatic amines is 1. The number of nitrogens with zero attached hydrogens (tertiary/aromatic N) is 6. The zero-order chi connectivity index (χ0) is 44.3. The lowest BCUT2D eigenvalue weighted by molar-refractivity contribution is -0.384. The van der Waals surface area contributed by atoms with Crippen molar-refractivity contribution in [1.29, 1.82) is 0 Å². The number of halogens is 1. The molecule has 330 valence electrons. The van der Waals surface area contributed by atoms with Crippen molar-refractivity contribution in [2.24, 2.45) is 16.6 Å². The molecule has 2 N–H and O–H groups in total. The van der Waals surface area contributed by atoms with Gasteiger partial charge in [0.2, 0.25) is 0 Å². The van der Waals surface area contributed by atoms with Crippen molar-refractivity contribution in [3.63, 3.8) is 0 Å². The van der Waals surface area contributed by atoms with E-state index in [1.165, 1.54) is 35.0 Å². The first-order chi connectivity index (χ1) is 30.3. The fraction of sp³-hybridized carbons (Fsp3) is 0.378. The molecule has 8 rings (SSSR count). The number of benzene rings is 3. The van der Waals surface area contributed by atoms with Gasteiger partial charge in [-0.15, -0.1) is 4.91 Å². The van der Waals surface area contributed by atoms with Gasteiger partial charge in [0.15, 0.2) is 0 Å². The van der Waals surface area contributed by atoms with Gasteiger partial charge in [-0.3, -0.25) is 19.8 Å². The van der Waals surface area contributed by atoms with Crippen molar-refractivity contribution in [3.05, 3.63) is 122 Å². The van der Waals surface area contributed by atoms with Gasteiger partial charge in [-0.2, -0.15) is 8.42 Å². The lowest BCUT2D eigenvalue weighted by Gasteiger charge is -2.39. The van der Waals surface area contributed by atoms with Crippen molar-refractivity contribution in [1.82, 2.24) is 19.3 Å². The zero-order valence-electron chi connectivity index (χ0n) is 35.1. The number of nitro benzene ring substituents is 1. The molecule has 0 spiro atoms. The fourth-order valence-electron chi connectivity index (χ4n) is 8.54. The Hall–Kier alpha value is -5.88. The summed E-state index contributed by atoms with van der Waals surface area (Å²) in [6.45, 7) is 9.93. The van der Waals surface area contributed by atoms with E-state index in [4.69, 9.17) is 21.1 Å². The lowest BCUT2D eigenvalue weighted by atomic mass is 9.72. The van der Waals surface area contributed by atoms with E-state index in [0.717, 1.165) is 69.3 Å². The number of ether oxygens (including phenoxy) is 2. The van der Waals surface area contributed by atoms with Gasteiger partial charge in [0.05, 0.1) is 26.9 Å². The van der Waals surface area contributed by atoms with Crippen molar-refractivity contribution in [2.75, 3.05) is 62.7 Å². The van der Waals surface area contributed by atoms with Crippen LogP contribution in [0.2, 0.25) is 5.02 Å². The quantitative estimate of drug-likeness (QED) is 0.0611. The minimum atomic E-state index is -5.04. The topological polar surface area (TPSA) is 193 Å². The Morgan fingerprint density at radius 1 is 1.06 bits per heavy atom. The highest BCUT2D eigenvalue weighted by atomic mass is 35.5. The first kappa shape index (κ1) is 43.8. The van der Waals surface area contributed by atoms with Gasteiger partial charge in [0.1, 0.15) is 22.8 Å². The molecule has 0 radical (unpaired) electrons. The number of fused-ring (bicyclic) bond motifs is 1. The third kappa shape index (κ3) is 9.86. The highest BCUT2D eigenvalue weighted by Gasteiger charge is 2.36. The Labute approximate surface area is 370 Å². The molecular formula is C45H49ClN8O8S. The highest BCUT2D eigenvalue weighted by Crippen LogP contribution is 2.44. The van der Waals surface area contributed by atoms with E-state index < -0.39 is 31.4 Å². The van der Waals surface area contributed by atoms with Crippen LogP contribution in [0.3, 0.4) is 0 Å². The molecule has 18 heteroatoms. The summed E-state index contributed by atoms with van der Waals surface area (Å²) in [5.74, 6) is -0.876. The van der Waals surface area contributed by atoms with E-state index in [1.807, 2.05) is 12.1 Å². The van der Waals surface area contributed by atoms with E-state index in [2.05, 4.69) is 56.4 Å². The predicted molar refractivity (Wildman–Crippen MR) is 242 cm³/mol. The Morgan fingerprint density at radius 2 is 1.83 bits per heavy atom. The van der Waals surface area contributed by atoms with E-state index >= 15 is 0 Å². The Balaban J connectivity index is 1.04. The van der Waals surface area contributed by atoms with Crippen LogP contribution in [0, 0.1) is 26.4 Å². The van der Waals surface area contributed by atoms with Crippen LogP contribution in [0.15, 0.2) is 101 Å². The van der Waals surface area contributed by atoms with Crippen molar-refractivity contribution in [2.45, 2.75) is 50.8 Å². The molecule has 5 aromatic rings. The number of sulfonamides is 1. The van der Waals surface area contributed by atoms with Crippen LogP contribution in [0.5, 0.6) is 11.5 Å². The molecule has 3 aromatic carbocycles. The summed E-state index contributed by atoms with van der Waals surface area (Å²) in [5, 5.41) is 19.3. The van der Waals surface area contributed by atoms with Crippen LogP contribution in [-0.4, -0.2) is 91.0 Å². The average Bonchev–Trinajstić information content (AvgIpc) is 3.75. The number of allylic oxidation sites excluding steroid dienone is 1. The summed E-state index contributed by atoms with van der Waals surface area (Å²) in [6, 6.07) is 19.5. The molecule has 63 heavy (non-hydrogen) atoms. The summed E-state index contributed by atoms with van der Waals surface area (Å²) >= 11 is 6.24. The van der Waals surface area contributed by atoms with Crippen molar-refractivity contribution < 1.29 is 27.6 Å². The molecule has 0 saturated carbocycles. The molecule has 16 nitrogen and oxygen atoms in total. The molecular weight excluding hydrogens is 848 g/mol. The Kier molecular flexibility index (Phi) is 12.8. The smallest absolute Gasteiger partial charge is 0.295 e. The SMILES string of the molecule is CC1(C)CCC(CN2CCN(c3ccc(C(=O)N(N=O)S(=O)(=O)c4ccc(NCC5CCOCC5)c([N+](=O)[O-])c4)c(Oc4cnc5[nH]ccc5c4)c3)CC2)=C(c2ccc(Cl)cc2)C1. The van der Waals surface area contributed by atoms with Crippen LogP contribution >= 0.6 is 11.6 Å². The maximum absolute atomic E-state index is 14.2. The van der Waals surface area contributed by atoms with Gasteiger partial charge in [-0.1, -0.05) is 47.6 Å². The maximum atomic E-state index is 14.2. The predicted octanol–water partition coefficient (Wildman–Crippen LogP) is 9.05. The summed E-state index contributed by atoms with van der Waals surface area (Å²) in [4.78, 5) is 49.4. The summed E-state index contributed by atoms with van der Waals surface area (Å²) in [5.41, 5.74) is 4.83. The number of carbonyl (C=O) groups is 1. The summed E-state index contributed by atoms with van der Waals surface area (Å²) < 4.78 is 39.4. The van der Waals surface area contributed by atoms with Crippen LogP contribution in [-0.2, 0) is 14.8 Å². The summed E-state index contributed by atoms with van der Waals surface area (Å²) in [6.07, 6.45) is 7.85. The minimum absolute atomic E-state index is 0.0401. The highest BCUT2D eigenvalue weighted by molar-refractivity contribution is 7.89. The Bertz CT molecular complexity index is 2660. The molecule has 4 heterocycles. The number of pyridine rings is 1. The molecule has 0 atom stereocenters. The van der Waals surface area contributed by atoms with Crippen LogP contribution in [0.25, 0.3) is 16.6 Å². The molecule has 1 amide bonds. The van der Waals surface area contributed by atoms with Crippen molar-refractivity contribution in [3.8, 4) is 11.5 Å². The molecule has 1 aliphatic carbocycles. The third-order valence-electron chi connectivity index (χ3n) is 12.2. The molecule has 0 bridgehead atoms.